The van der Waals surface area contributed by atoms with Crippen molar-refractivity contribution >= 4 is 10.0 Å². The quantitative estimate of drug-likeness (QED) is 0.779. The molecule has 0 bridgehead atoms. The highest BCUT2D eigenvalue weighted by atomic mass is 32.2. The maximum atomic E-state index is 12.2. The molecule has 3 N–H and O–H groups in total. The van der Waals surface area contributed by atoms with E-state index in [9.17, 15) is 8.42 Å². The molecule has 7 heteroatoms. The predicted octanol–water partition coefficient (Wildman–Crippen LogP) is 0.872. The first kappa shape index (κ1) is 16.2. The van der Waals surface area contributed by atoms with Gasteiger partial charge in [0.25, 0.3) is 0 Å². The van der Waals surface area contributed by atoms with E-state index in [2.05, 4.69) is 4.72 Å². The average molecular weight is 314 g/mol. The summed E-state index contributed by atoms with van der Waals surface area (Å²) in [6.07, 6.45) is 1.83. The Morgan fingerprint density at radius 2 is 2.10 bits per heavy atom. The van der Waals surface area contributed by atoms with E-state index in [-0.39, 0.29) is 11.4 Å². The zero-order chi connectivity index (χ0) is 15.3. The van der Waals surface area contributed by atoms with Crippen LogP contribution < -0.4 is 15.2 Å². The standard InChI is InChI=1S/C14H22N2O4S/c1-14(7-2-9-20-14)11-16-21(17,18)13-5-3-12(4-6-13)19-10-8-15/h3-6,16H,2,7-11,15H2,1H3. The third-order valence-electron chi connectivity index (χ3n) is 3.46. The van der Waals surface area contributed by atoms with Crippen molar-refractivity contribution in [2.45, 2.75) is 30.3 Å². The van der Waals surface area contributed by atoms with Crippen molar-refractivity contribution < 1.29 is 17.9 Å². The molecule has 0 spiro atoms. The zero-order valence-corrected chi connectivity index (χ0v) is 13.0. The van der Waals surface area contributed by atoms with Gasteiger partial charge in [0.1, 0.15) is 12.4 Å². The molecular weight excluding hydrogens is 292 g/mol. The molecule has 1 aliphatic rings. The first-order chi connectivity index (χ1) is 9.95. The van der Waals surface area contributed by atoms with Crippen molar-refractivity contribution in [3.05, 3.63) is 24.3 Å². The molecule has 1 fully saturated rings. The SMILES string of the molecule is CC1(CNS(=O)(=O)c2ccc(OCCN)cc2)CCCO1. The lowest BCUT2D eigenvalue weighted by Crippen LogP contribution is -2.40. The van der Waals surface area contributed by atoms with E-state index in [0.717, 1.165) is 12.8 Å². The lowest BCUT2D eigenvalue weighted by atomic mass is 10.0. The van der Waals surface area contributed by atoms with Crippen molar-refractivity contribution in [1.82, 2.24) is 4.72 Å². The minimum Gasteiger partial charge on any atom is -0.492 e. The van der Waals surface area contributed by atoms with Gasteiger partial charge in [0.15, 0.2) is 0 Å². The number of sulfonamides is 1. The van der Waals surface area contributed by atoms with Crippen LogP contribution in [-0.2, 0) is 14.8 Å². The molecule has 1 unspecified atom stereocenters. The Morgan fingerprint density at radius 1 is 1.38 bits per heavy atom. The van der Waals surface area contributed by atoms with E-state index in [1.54, 1.807) is 12.1 Å². The number of ether oxygens (including phenoxy) is 2. The van der Waals surface area contributed by atoms with Crippen LogP contribution in [0, 0.1) is 0 Å². The third kappa shape index (κ3) is 4.41. The van der Waals surface area contributed by atoms with Crippen LogP contribution in [0.2, 0.25) is 0 Å². The Balaban J connectivity index is 1.98. The highest BCUT2D eigenvalue weighted by Gasteiger charge is 2.31. The molecule has 6 nitrogen and oxygen atoms in total. The summed E-state index contributed by atoms with van der Waals surface area (Å²) in [4.78, 5) is 0.212. The fourth-order valence-corrected chi connectivity index (χ4v) is 3.36. The minimum absolute atomic E-state index is 0.212. The van der Waals surface area contributed by atoms with Crippen LogP contribution >= 0.6 is 0 Å². The minimum atomic E-state index is -3.53. The molecule has 0 saturated carbocycles. The second-order valence-electron chi connectivity index (χ2n) is 5.34. The number of rotatable bonds is 7. The van der Waals surface area contributed by atoms with Gasteiger partial charge in [-0.15, -0.1) is 0 Å². The Bertz CT molecular complexity index is 551. The smallest absolute Gasteiger partial charge is 0.240 e. The van der Waals surface area contributed by atoms with Crippen LogP contribution in [0.15, 0.2) is 29.2 Å². The van der Waals surface area contributed by atoms with Crippen molar-refractivity contribution in [3.63, 3.8) is 0 Å². The Morgan fingerprint density at radius 3 is 2.67 bits per heavy atom. The first-order valence-corrected chi connectivity index (χ1v) is 8.50. The monoisotopic (exact) mass is 314 g/mol. The molecule has 1 aromatic carbocycles. The molecule has 118 valence electrons. The fourth-order valence-electron chi connectivity index (χ4n) is 2.20. The molecule has 21 heavy (non-hydrogen) atoms. The summed E-state index contributed by atoms with van der Waals surface area (Å²) < 4.78 is 38.0. The molecule has 0 amide bonds. The van der Waals surface area contributed by atoms with Gasteiger partial charge in [0, 0.05) is 19.7 Å². The van der Waals surface area contributed by atoms with Gasteiger partial charge in [0.2, 0.25) is 10.0 Å². The normalized spacial score (nSPS) is 22.4. The van der Waals surface area contributed by atoms with Crippen molar-refractivity contribution in [3.8, 4) is 5.75 Å². The van der Waals surface area contributed by atoms with Gasteiger partial charge in [-0.1, -0.05) is 0 Å². The molecule has 2 rings (SSSR count). The summed E-state index contributed by atoms with van der Waals surface area (Å²) in [6.45, 7) is 3.71. The lowest BCUT2D eigenvalue weighted by molar-refractivity contribution is 0.0250. The second-order valence-corrected chi connectivity index (χ2v) is 7.10. The number of hydrogen-bond acceptors (Lipinski definition) is 5. The van der Waals surface area contributed by atoms with Gasteiger partial charge in [0.05, 0.1) is 10.5 Å². The van der Waals surface area contributed by atoms with E-state index in [1.165, 1.54) is 12.1 Å². The average Bonchev–Trinajstić information content (AvgIpc) is 2.91. The molecule has 1 saturated heterocycles. The van der Waals surface area contributed by atoms with Gasteiger partial charge < -0.3 is 15.2 Å². The summed E-state index contributed by atoms with van der Waals surface area (Å²) in [5, 5.41) is 0. The summed E-state index contributed by atoms with van der Waals surface area (Å²) in [6, 6.07) is 6.29. The van der Waals surface area contributed by atoms with Gasteiger partial charge in [-0.3, -0.25) is 0 Å². The summed E-state index contributed by atoms with van der Waals surface area (Å²) in [7, 11) is -3.53. The Hall–Kier alpha value is -1.15. The molecular formula is C14H22N2O4S. The molecule has 0 radical (unpaired) electrons. The molecule has 1 atom stereocenters. The third-order valence-corrected chi connectivity index (χ3v) is 4.87. The van der Waals surface area contributed by atoms with Gasteiger partial charge in [-0.25, -0.2) is 13.1 Å². The summed E-state index contributed by atoms with van der Waals surface area (Å²) in [5.41, 5.74) is 4.94. The first-order valence-electron chi connectivity index (χ1n) is 7.02. The fraction of sp³-hybridized carbons (Fsp3) is 0.571. The summed E-state index contributed by atoms with van der Waals surface area (Å²) in [5.74, 6) is 0.602. The zero-order valence-electron chi connectivity index (χ0n) is 12.2. The van der Waals surface area contributed by atoms with Crippen LogP contribution in [0.5, 0.6) is 5.75 Å². The van der Waals surface area contributed by atoms with Crippen LogP contribution in [0.4, 0.5) is 0 Å². The van der Waals surface area contributed by atoms with Crippen LogP contribution in [0.1, 0.15) is 19.8 Å². The Labute approximate surface area is 125 Å². The molecule has 1 aromatic rings. The van der Waals surface area contributed by atoms with Crippen LogP contribution in [0.25, 0.3) is 0 Å². The summed E-state index contributed by atoms with van der Waals surface area (Å²) >= 11 is 0. The van der Waals surface area contributed by atoms with Gasteiger partial charge >= 0.3 is 0 Å². The Kier molecular flexibility index (Phi) is 5.21. The van der Waals surface area contributed by atoms with E-state index < -0.39 is 15.6 Å². The van der Waals surface area contributed by atoms with Crippen LogP contribution in [-0.4, -0.2) is 40.3 Å². The molecule has 0 aliphatic carbocycles. The lowest BCUT2D eigenvalue weighted by Gasteiger charge is -2.23. The van der Waals surface area contributed by atoms with E-state index in [4.69, 9.17) is 15.2 Å². The van der Waals surface area contributed by atoms with E-state index in [1.807, 2.05) is 6.92 Å². The van der Waals surface area contributed by atoms with Gasteiger partial charge in [-0.05, 0) is 44.0 Å². The second kappa shape index (κ2) is 6.74. The van der Waals surface area contributed by atoms with E-state index in [0.29, 0.717) is 25.5 Å². The highest BCUT2D eigenvalue weighted by Crippen LogP contribution is 2.24. The van der Waals surface area contributed by atoms with Crippen molar-refractivity contribution in [2.24, 2.45) is 5.73 Å². The number of hydrogen-bond donors (Lipinski definition) is 2. The number of nitrogens with one attached hydrogen (secondary N) is 1. The maximum absolute atomic E-state index is 12.2. The molecule has 1 aliphatic heterocycles. The highest BCUT2D eigenvalue weighted by molar-refractivity contribution is 7.89. The predicted molar refractivity (Wildman–Crippen MR) is 79.8 cm³/mol. The molecule has 1 heterocycles. The van der Waals surface area contributed by atoms with E-state index >= 15 is 0 Å². The molecule has 0 aromatic heterocycles. The van der Waals surface area contributed by atoms with Gasteiger partial charge in [-0.2, -0.15) is 0 Å². The van der Waals surface area contributed by atoms with Crippen LogP contribution in [0.3, 0.4) is 0 Å². The number of benzene rings is 1. The van der Waals surface area contributed by atoms with Crippen molar-refractivity contribution in [2.75, 3.05) is 26.3 Å². The topological polar surface area (TPSA) is 90.7 Å². The number of nitrogens with two attached hydrogens (primary N) is 1. The van der Waals surface area contributed by atoms with Crippen molar-refractivity contribution in [1.29, 1.82) is 0 Å². The maximum Gasteiger partial charge on any atom is 0.240 e. The largest absolute Gasteiger partial charge is 0.492 e.